The van der Waals surface area contributed by atoms with Gasteiger partial charge >= 0.3 is 0 Å². The van der Waals surface area contributed by atoms with Crippen molar-refractivity contribution < 1.29 is 4.39 Å². The van der Waals surface area contributed by atoms with E-state index in [4.69, 9.17) is 4.98 Å². The summed E-state index contributed by atoms with van der Waals surface area (Å²) in [5.74, 6) is 0.779. The van der Waals surface area contributed by atoms with Crippen LogP contribution >= 0.6 is 0 Å². The first-order chi connectivity index (χ1) is 12.3. The number of aromatic nitrogens is 3. The van der Waals surface area contributed by atoms with Crippen molar-refractivity contribution in [2.24, 2.45) is 0 Å². The second kappa shape index (κ2) is 5.52. The van der Waals surface area contributed by atoms with Crippen LogP contribution in [0.15, 0.2) is 36.5 Å². The molecule has 1 aliphatic heterocycles. The van der Waals surface area contributed by atoms with Crippen molar-refractivity contribution >= 4 is 11.5 Å². The van der Waals surface area contributed by atoms with Crippen LogP contribution in [0.2, 0.25) is 0 Å². The quantitative estimate of drug-likeness (QED) is 0.769. The Balaban J connectivity index is 1.55. The van der Waals surface area contributed by atoms with Crippen LogP contribution in [0.1, 0.15) is 42.5 Å². The zero-order valence-corrected chi connectivity index (χ0v) is 13.9. The molecule has 3 heterocycles. The van der Waals surface area contributed by atoms with E-state index in [1.54, 1.807) is 18.3 Å². The number of fused-ring (bicyclic) bond motifs is 3. The third-order valence-electron chi connectivity index (χ3n) is 5.52. The van der Waals surface area contributed by atoms with Gasteiger partial charge in [0.1, 0.15) is 11.6 Å². The van der Waals surface area contributed by atoms with Crippen LogP contribution in [0.4, 0.5) is 10.2 Å². The van der Waals surface area contributed by atoms with Gasteiger partial charge in [-0.3, -0.25) is 0 Å². The van der Waals surface area contributed by atoms with Crippen molar-refractivity contribution in [1.82, 2.24) is 19.9 Å². The molecule has 5 rings (SSSR count). The zero-order chi connectivity index (χ0) is 16.9. The number of nitrogens with zero attached hydrogens (tertiary/aromatic N) is 3. The summed E-state index contributed by atoms with van der Waals surface area (Å²) in [6.45, 7) is 1.43. The molecule has 128 valence electrons. The normalized spacial score (nSPS) is 18.1. The van der Waals surface area contributed by atoms with E-state index < -0.39 is 0 Å². The molecule has 0 atom stereocenters. The Kier molecular flexibility index (Phi) is 3.28. The second-order valence-corrected chi connectivity index (χ2v) is 7.01. The van der Waals surface area contributed by atoms with E-state index in [1.807, 2.05) is 10.6 Å². The van der Waals surface area contributed by atoms with Gasteiger partial charge in [0.05, 0.1) is 17.4 Å². The van der Waals surface area contributed by atoms with Gasteiger partial charge in [-0.05, 0) is 30.5 Å². The number of halogens is 1. The third-order valence-corrected chi connectivity index (χ3v) is 5.52. The van der Waals surface area contributed by atoms with Crippen LogP contribution in [0.3, 0.4) is 0 Å². The van der Waals surface area contributed by atoms with Gasteiger partial charge in [0.15, 0.2) is 5.65 Å². The average Bonchev–Trinajstić information content (AvgIpc) is 3.35. The molecule has 1 fully saturated rings. The molecule has 0 unspecified atom stereocenters. The smallest absolute Gasteiger partial charge is 0.157 e. The molecule has 2 N–H and O–H groups in total. The minimum Gasteiger partial charge on any atom is -0.366 e. The van der Waals surface area contributed by atoms with Crippen LogP contribution < -0.4 is 10.6 Å². The topological polar surface area (TPSA) is 54.2 Å². The minimum atomic E-state index is -0.213. The van der Waals surface area contributed by atoms with Gasteiger partial charge in [0.2, 0.25) is 0 Å². The highest BCUT2D eigenvalue weighted by atomic mass is 19.1. The molecule has 1 saturated carbocycles. The zero-order valence-electron chi connectivity index (χ0n) is 13.9. The number of hydrogen-bond donors (Lipinski definition) is 2. The molecule has 25 heavy (non-hydrogen) atoms. The molecule has 5 nitrogen and oxygen atoms in total. The summed E-state index contributed by atoms with van der Waals surface area (Å²) in [5, 5.41) is 11.7. The maximum atomic E-state index is 13.1. The van der Waals surface area contributed by atoms with Crippen molar-refractivity contribution in [2.75, 3.05) is 5.32 Å². The van der Waals surface area contributed by atoms with E-state index in [9.17, 15) is 4.39 Å². The lowest BCUT2D eigenvalue weighted by Crippen LogP contribution is -2.33. The number of rotatable bonds is 3. The van der Waals surface area contributed by atoms with E-state index >= 15 is 0 Å². The number of benzene rings is 1. The number of anilines is 1. The lowest BCUT2D eigenvalue weighted by Gasteiger charge is -2.24. The first-order valence-corrected chi connectivity index (χ1v) is 8.86. The molecule has 2 aliphatic rings. The molecule has 6 heteroatoms. The summed E-state index contributed by atoms with van der Waals surface area (Å²) in [6.07, 6.45) is 6.58. The molecule has 1 aromatic carbocycles. The summed E-state index contributed by atoms with van der Waals surface area (Å²) in [6, 6.07) is 8.55. The van der Waals surface area contributed by atoms with Crippen LogP contribution in [0.25, 0.3) is 5.65 Å². The Morgan fingerprint density at radius 1 is 1.16 bits per heavy atom. The molecule has 0 saturated heterocycles. The highest BCUT2D eigenvalue weighted by Crippen LogP contribution is 2.45. The van der Waals surface area contributed by atoms with Crippen molar-refractivity contribution in [3.05, 3.63) is 59.2 Å². The predicted octanol–water partition coefficient (Wildman–Crippen LogP) is 3.35. The fraction of sp³-hybridized carbons (Fsp3) is 0.368. The molecule has 0 radical (unpaired) electrons. The standard InChI is InChI=1S/C19H20FN5/c20-14-5-3-13(4-6-14)11-21-18-15-12-22-19(8-1-2-9-19)17(15)24-16-7-10-23-25(16)18/h3-7,10,21-22H,1-2,8-9,11-12H2. The van der Waals surface area contributed by atoms with Gasteiger partial charge in [0, 0.05) is 24.7 Å². The third kappa shape index (κ3) is 2.32. The predicted molar refractivity (Wildman–Crippen MR) is 93.7 cm³/mol. The highest BCUT2D eigenvalue weighted by molar-refractivity contribution is 5.58. The Morgan fingerprint density at radius 3 is 2.76 bits per heavy atom. The summed E-state index contributed by atoms with van der Waals surface area (Å²) >= 11 is 0. The second-order valence-electron chi connectivity index (χ2n) is 7.01. The molecule has 0 amide bonds. The van der Waals surface area contributed by atoms with E-state index in [0.717, 1.165) is 36.4 Å². The molecule has 2 aromatic heterocycles. The SMILES string of the molecule is Fc1ccc(CNc2c3c(nc4ccnn24)C2(CCCC2)NC3)cc1. The molecular formula is C19H20FN5. The fourth-order valence-corrected chi connectivity index (χ4v) is 4.24. The monoisotopic (exact) mass is 337 g/mol. The molecular weight excluding hydrogens is 317 g/mol. The number of hydrogen-bond acceptors (Lipinski definition) is 4. The Bertz CT molecular complexity index is 925. The van der Waals surface area contributed by atoms with Crippen molar-refractivity contribution in [3.63, 3.8) is 0 Å². The van der Waals surface area contributed by atoms with Crippen LogP contribution in [0.5, 0.6) is 0 Å². The van der Waals surface area contributed by atoms with Crippen molar-refractivity contribution in [3.8, 4) is 0 Å². The van der Waals surface area contributed by atoms with Crippen LogP contribution in [0, 0.1) is 5.82 Å². The van der Waals surface area contributed by atoms with Gasteiger partial charge in [-0.2, -0.15) is 9.61 Å². The van der Waals surface area contributed by atoms with Crippen LogP contribution in [-0.4, -0.2) is 14.6 Å². The molecule has 0 bridgehead atoms. The average molecular weight is 337 g/mol. The van der Waals surface area contributed by atoms with E-state index in [-0.39, 0.29) is 11.4 Å². The Hall–Kier alpha value is -2.47. The number of nitrogens with one attached hydrogen (secondary N) is 2. The lowest BCUT2D eigenvalue weighted by atomic mass is 9.94. The lowest BCUT2D eigenvalue weighted by molar-refractivity contribution is 0.365. The van der Waals surface area contributed by atoms with E-state index in [0.29, 0.717) is 6.54 Å². The molecule has 1 spiro atoms. The van der Waals surface area contributed by atoms with Gasteiger partial charge in [-0.1, -0.05) is 25.0 Å². The Labute approximate surface area is 145 Å². The van der Waals surface area contributed by atoms with E-state index in [1.165, 1.54) is 36.2 Å². The van der Waals surface area contributed by atoms with Crippen molar-refractivity contribution in [2.45, 2.75) is 44.3 Å². The molecule has 1 aliphatic carbocycles. The summed E-state index contributed by atoms with van der Waals surface area (Å²) in [4.78, 5) is 4.93. The van der Waals surface area contributed by atoms with Gasteiger partial charge in [-0.15, -0.1) is 0 Å². The van der Waals surface area contributed by atoms with Crippen molar-refractivity contribution in [1.29, 1.82) is 0 Å². The maximum absolute atomic E-state index is 13.1. The van der Waals surface area contributed by atoms with Gasteiger partial charge in [-0.25, -0.2) is 9.37 Å². The first kappa shape index (κ1) is 14.8. The summed E-state index contributed by atoms with van der Waals surface area (Å²) < 4.78 is 15.0. The van der Waals surface area contributed by atoms with E-state index in [2.05, 4.69) is 15.7 Å². The summed E-state index contributed by atoms with van der Waals surface area (Å²) in [5.41, 5.74) is 4.33. The van der Waals surface area contributed by atoms with Gasteiger partial charge in [0.25, 0.3) is 0 Å². The van der Waals surface area contributed by atoms with Gasteiger partial charge < -0.3 is 10.6 Å². The largest absolute Gasteiger partial charge is 0.366 e. The fourth-order valence-electron chi connectivity index (χ4n) is 4.24. The molecule has 3 aromatic rings. The Morgan fingerprint density at radius 2 is 1.96 bits per heavy atom. The first-order valence-electron chi connectivity index (χ1n) is 8.86. The minimum absolute atomic E-state index is 0.0354. The highest BCUT2D eigenvalue weighted by Gasteiger charge is 2.43. The van der Waals surface area contributed by atoms with Crippen LogP contribution in [-0.2, 0) is 18.6 Å². The maximum Gasteiger partial charge on any atom is 0.157 e. The summed E-state index contributed by atoms with van der Waals surface area (Å²) in [7, 11) is 0.